The van der Waals surface area contributed by atoms with E-state index >= 15 is 0 Å². The molecular weight excluding hydrogens is 927 g/mol. The smallest absolute Gasteiger partial charge is 0.408 e. The Morgan fingerprint density at radius 3 is 1.71 bits per heavy atom. The summed E-state index contributed by atoms with van der Waals surface area (Å²) in [6, 6.07) is -4.80. The molecule has 0 aromatic heterocycles. The van der Waals surface area contributed by atoms with Gasteiger partial charge in [0.1, 0.15) is 71.4 Å². The van der Waals surface area contributed by atoms with E-state index in [0.717, 1.165) is 0 Å². The van der Waals surface area contributed by atoms with Crippen molar-refractivity contribution < 1.29 is 91.5 Å². The third-order valence-corrected chi connectivity index (χ3v) is 10.9. The monoisotopic (exact) mass is 1010 g/mol. The van der Waals surface area contributed by atoms with Crippen molar-refractivity contribution in [2.45, 2.75) is 243 Å². The lowest BCUT2D eigenvalue weighted by Gasteiger charge is -2.52. The second kappa shape index (κ2) is 23.6. The highest BCUT2D eigenvalue weighted by molar-refractivity contribution is 5.81. The van der Waals surface area contributed by atoms with E-state index in [1.54, 1.807) is 96.9 Å². The first kappa shape index (κ1) is 58.4. The van der Waals surface area contributed by atoms with Crippen LogP contribution in [0.5, 0.6) is 0 Å². The molecule has 0 aromatic rings. The Kier molecular flexibility index (Phi) is 19.7. The summed E-state index contributed by atoms with van der Waals surface area (Å²) in [5.41, 5.74) is -3.63. The topological polar surface area (TPSA) is 316 Å². The van der Waals surface area contributed by atoms with Crippen molar-refractivity contribution in [1.82, 2.24) is 26.6 Å². The lowest BCUT2D eigenvalue weighted by molar-refractivity contribution is -0.376. The predicted octanol–water partition coefficient (Wildman–Crippen LogP) is 2.29. The Balaban J connectivity index is 1.76. The number of rotatable bonds is 14. The molecule has 5 amide bonds. The van der Waals surface area contributed by atoms with Crippen LogP contribution in [0.2, 0.25) is 0 Å². The molecule has 1 saturated carbocycles. The van der Waals surface area contributed by atoms with Crippen LogP contribution in [0.25, 0.3) is 0 Å². The Bertz CT molecular complexity index is 1790. The Morgan fingerprint density at radius 1 is 0.671 bits per heavy atom. The van der Waals surface area contributed by atoms with Crippen molar-refractivity contribution in [2.75, 3.05) is 13.2 Å². The number of carbonyl (C=O) groups excluding carboxylic acids is 6. The van der Waals surface area contributed by atoms with E-state index in [2.05, 4.69) is 26.6 Å². The average Bonchev–Trinajstić information content (AvgIpc) is 3.17. The van der Waals surface area contributed by atoms with Gasteiger partial charge in [0.05, 0.1) is 36.9 Å². The van der Waals surface area contributed by atoms with Gasteiger partial charge in [0.15, 0.2) is 18.4 Å². The third kappa shape index (κ3) is 18.5. The molecule has 4 rings (SSSR count). The molecule has 4 fully saturated rings. The molecule has 3 saturated heterocycles. The summed E-state index contributed by atoms with van der Waals surface area (Å²) in [5.74, 6) is -2.15. The van der Waals surface area contributed by atoms with E-state index in [9.17, 15) is 44.1 Å². The molecule has 3 aliphatic heterocycles. The summed E-state index contributed by atoms with van der Waals surface area (Å²) in [6.07, 6.45) is -17.2. The number of aliphatic hydroxyl groups is 3. The van der Waals surface area contributed by atoms with Gasteiger partial charge < -0.3 is 94.1 Å². The van der Waals surface area contributed by atoms with Gasteiger partial charge in [-0.1, -0.05) is 0 Å². The average molecular weight is 1010 g/mol. The number of aldehydes is 1. The Labute approximate surface area is 409 Å². The molecule has 14 atom stereocenters. The zero-order chi connectivity index (χ0) is 52.7. The fraction of sp³-hybridized carbons (Fsp3) is 0.870. The third-order valence-electron chi connectivity index (χ3n) is 10.9. The zero-order valence-electron chi connectivity index (χ0n) is 43.0. The van der Waals surface area contributed by atoms with Crippen molar-refractivity contribution in [3.8, 4) is 0 Å². The summed E-state index contributed by atoms with van der Waals surface area (Å²) >= 11 is 0. The van der Waals surface area contributed by atoms with E-state index in [0.29, 0.717) is 12.7 Å². The molecule has 0 radical (unpaired) electrons. The van der Waals surface area contributed by atoms with Crippen LogP contribution in [0.1, 0.15) is 129 Å². The van der Waals surface area contributed by atoms with Crippen LogP contribution in [0.4, 0.5) is 19.2 Å². The Hall–Kier alpha value is -4.14. The molecule has 402 valence electrons. The van der Waals surface area contributed by atoms with Crippen LogP contribution >= 0.6 is 0 Å². The van der Waals surface area contributed by atoms with Gasteiger partial charge in [-0.2, -0.15) is 0 Å². The normalized spacial score (nSPS) is 31.9. The number of hydrogen-bond donors (Lipinski definition) is 8. The second-order valence-electron chi connectivity index (χ2n) is 22.4. The first-order valence-electron chi connectivity index (χ1n) is 23.8. The maximum Gasteiger partial charge on any atom is 0.408 e. The van der Waals surface area contributed by atoms with E-state index in [-0.39, 0.29) is 38.8 Å². The van der Waals surface area contributed by atoms with Crippen molar-refractivity contribution in [2.24, 2.45) is 0 Å². The summed E-state index contributed by atoms with van der Waals surface area (Å²) in [4.78, 5) is 77.7. The quantitative estimate of drug-likeness (QED) is 0.0914. The molecule has 8 N–H and O–H groups in total. The van der Waals surface area contributed by atoms with Gasteiger partial charge in [0, 0.05) is 13.0 Å². The number of carbonyl (C=O) groups is 6. The number of alkyl carbamates (subject to hydrolysis) is 4. The van der Waals surface area contributed by atoms with Gasteiger partial charge in [0.2, 0.25) is 5.91 Å². The van der Waals surface area contributed by atoms with Gasteiger partial charge >= 0.3 is 24.4 Å². The first-order valence-corrected chi connectivity index (χ1v) is 23.8. The Morgan fingerprint density at radius 2 is 1.17 bits per heavy atom. The van der Waals surface area contributed by atoms with E-state index < -0.39 is 144 Å². The van der Waals surface area contributed by atoms with Gasteiger partial charge in [-0.25, -0.2) is 19.2 Å². The van der Waals surface area contributed by atoms with E-state index in [1.807, 2.05) is 0 Å². The van der Waals surface area contributed by atoms with Crippen molar-refractivity contribution in [1.29, 1.82) is 0 Å². The molecule has 24 heteroatoms. The summed E-state index contributed by atoms with van der Waals surface area (Å²) in [7, 11) is 0. The van der Waals surface area contributed by atoms with Crippen LogP contribution in [0.3, 0.4) is 0 Å². The minimum absolute atomic E-state index is 0.0382. The van der Waals surface area contributed by atoms with Crippen LogP contribution in [0.15, 0.2) is 0 Å². The molecule has 1 aliphatic carbocycles. The molecule has 3 heterocycles. The van der Waals surface area contributed by atoms with Crippen LogP contribution < -0.4 is 26.6 Å². The first-order chi connectivity index (χ1) is 32.1. The highest BCUT2D eigenvalue weighted by Gasteiger charge is 2.56. The molecule has 0 bridgehead atoms. The number of nitrogens with one attached hydrogen (secondary N) is 5. The minimum atomic E-state index is -1.90. The molecule has 0 spiro atoms. The highest BCUT2D eigenvalue weighted by atomic mass is 16.8. The van der Waals surface area contributed by atoms with Crippen molar-refractivity contribution >= 4 is 36.6 Å². The van der Waals surface area contributed by atoms with Crippen LogP contribution in [-0.4, -0.2) is 179 Å². The number of aliphatic hydroxyl groups excluding tert-OH is 3. The minimum Gasteiger partial charge on any atom is -0.444 e. The van der Waals surface area contributed by atoms with Crippen molar-refractivity contribution in [3.05, 3.63) is 0 Å². The molecule has 4 aliphatic rings. The molecule has 6 unspecified atom stereocenters. The summed E-state index contributed by atoms with van der Waals surface area (Å²) in [5, 5.41) is 49.0. The van der Waals surface area contributed by atoms with Crippen LogP contribution in [0, 0.1) is 0 Å². The molecule has 70 heavy (non-hydrogen) atoms. The fourth-order valence-corrected chi connectivity index (χ4v) is 8.08. The fourth-order valence-electron chi connectivity index (χ4n) is 8.08. The largest absolute Gasteiger partial charge is 0.444 e. The molecule has 0 aromatic carbocycles. The standard InChI is InChI=1S/C46H79N5O19/c1-42(2,3)67-38(57)47-19-17-27(53)35(56)48-25-21-26(50-40(59)69-44(7,8)9)33(64-36-24(16-15-23(62-36)18-20-52)49-39(58)68-43(4,5)6)31(55)32(25)65-37-30(54)29(51-41(60)70-45(10,11)12)34-28(63-37)22-61-46(13,14)66-34/h20,23-34,36-37,53-55H,15-19,21-22H2,1-14H3,(H,47,57)(H,48,56)(H,49,58)(H,50,59)(H,51,60)/t23?,24?,25-,26+,27+,28?,29-,30?,31?,32-,33?,34+,36+,37+/m1/s1. The predicted molar refractivity (Wildman–Crippen MR) is 245 cm³/mol. The SMILES string of the molecule is CC(C)(C)OC(=O)NCC[C@H](O)C(=O)N[C@@H]1C[C@H](NC(=O)OC(C)(C)C)C(O[C@@H]2OC(CC=O)CCC2NC(=O)OC(C)(C)C)C(O)[C@@H]1O[C@@H]1OC2COC(C)(C)O[C@@H]2[C@H](NC(=O)OC(C)(C)C)C1O. The van der Waals surface area contributed by atoms with E-state index in [4.69, 9.17) is 47.4 Å². The number of fused-ring (bicyclic) bond motifs is 1. The molecule has 24 nitrogen and oxygen atoms in total. The summed E-state index contributed by atoms with van der Waals surface area (Å²) < 4.78 is 59.4. The van der Waals surface area contributed by atoms with Crippen molar-refractivity contribution in [3.63, 3.8) is 0 Å². The second-order valence-corrected chi connectivity index (χ2v) is 22.4. The van der Waals surface area contributed by atoms with Gasteiger partial charge in [-0.3, -0.25) is 4.79 Å². The number of hydrogen-bond acceptors (Lipinski definition) is 19. The maximum absolute atomic E-state index is 13.9. The number of ether oxygens (including phenoxy) is 10. The summed E-state index contributed by atoms with van der Waals surface area (Å²) in [6.45, 7) is 22.9. The van der Waals surface area contributed by atoms with Gasteiger partial charge in [0.25, 0.3) is 0 Å². The van der Waals surface area contributed by atoms with Gasteiger partial charge in [-0.15, -0.1) is 0 Å². The highest BCUT2D eigenvalue weighted by Crippen LogP contribution is 2.37. The number of amides is 5. The van der Waals surface area contributed by atoms with E-state index in [1.165, 1.54) is 0 Å². The van der Waals surface area contributed by atoms with Crippen LogP contribution in [-0.2, 0) is 57.0 Å². The zero-order valence-corrected chi connectivity index (χ0v) is 43.0. The maximum atomic E-state index is 13.9. The lowest BCUT2D eigenvalue weighted by Crippen LogP contribution is -2.72. The molecular formula is C46H79N5O19. The lowest BCUT2D eigenvalue weighted by atomic mass is 9.83. The van der Waals surface area contributed by atoms with Gasteiger partial charge in [-0.05, 0) is 123 Å².